The molecule has 0 aliphatic heterocycles. The lowest BCUT2D eigenvalue weighted by atomic mass is 9.88. The van der Waals surface area contributed by atoms with Gasteiger partial charge in [0.25, 0.3) is 0 Å². The smallest absolute Gasteiger partial charge is 0.0708 e. The van der Waals surface area contributed by atoms with Crippen LogP contribution in [-0.4, -0.2) is 35.3 Å². The third-order valence-electron chi connectivity index (χ3n) is 4.37. The molecule has 0 aromatic rings. The average Bonchev–Trinajstić information content (AvgIpc) is 2.48. The Morgan fingerprint density at radius 2 is 1.47 bits per heavy atom. The summed E-state index contributed by atoms with van der Waals surface area (Å²) in [6.07, 6.45) is 11.6. The van der Waals surface area contributed by atoms with E-state index in [1.807, 2.05) is 11.8 Å². The van der Waals surface area contributed by atoms with Gasteiger partial charge in [-0.05, 0) is 50.2 Å². The lowest BCUT2D eigenvalue weighted by molar-refractivity contribution is 0.321. The predicted octanol–water partition coefficient (Wildman–Crippen LogP) is 4.06. The second-order valence-electron chi connectivity index (χ2n) is 6.00. The quantitative estimate of drug-likeness (QED) is 0.590. The van der Waals surface area contributed by atoms with E-state index in [9.17, 15) is 0 Å². The third-order valence-corrected chi connectivity index (χ3v) is 5.55. The molecule has 3 nitrogen and oxygen atoms in total. The number of thioether (sulfide) groups is 1. The van der Waals surface area contributed by atoms with Crippen molar-refractivity contribution in [1.82, 2.24) is 0 Å². The first-order valence-corrected chi connectivity index (χ1v) is 9.12. The normalized spacial score (nSPS) is 29.9. The molecule has 0 atom stereocenters. The largest absolute Gasteiger partial charge is 0.396 e. The summed E-state index contributed by atoms with van der Waals surface area (Å²) >= 11 is 1.89. The molecule has 0 aromatic carbocycles. The number of hydrogen-bond acceptors (Lipinski definition) is 4. The minimum atomic E-state index is 0.315. The van der Waals surface area contributed by atoms with Crippen molar-refractivity contribution in [2.24, 2.45) is 16.1 Å². The first-order chi connectivity index (χ1) is 9.38. The zero-order valence-corrected chi connectivity index (χ0v) is 12.8. The van der Waals surface area contributed by atoms with Crippen LogP contribution in [0.3, 0.4) is 0 Å². The summed E-state index contributed by atoms with van der Waals surface area (Å²) in [5.41, 5.74) is 0. The molecule has 0 amide bonds. The van der Waals surface area contributed by atoms with Gasteiger partial charge in [-0.2, -0.15) is 22.0 Å². The molecule has 0 aromatic heterocycles. The van der Waals surface area contributed by atoms with E-state index in [1.165, 1.54) is 63.5 Å². The molecule has 0 saturated heterocycles. The Labute approximate surface area is 121 Å². The van der Waals surface area contributed by atoms with Crippen molar-refractivity contribution in [3.63, 3.8) is 0 Å². The highest BCUT2D eigenvalue weighted by molar-refractivity contribution is 7.99. The fraction of sp³-hybridized carbons (Fsp3) is 1.00. The molecule has 0 unspecified atom stereocenters. The Kier molecular flexibility index (Phi) is 7.21. The maximum absolute atomic E-state index is 8.78. The van der Waals surface area contributed by atoms with E-state index in [0.29, 0.717) is 18.7 Å². The highest BCUT2D eigenvalue weighted by atomic mass is 32.2. The standard InChI is InChI=1S/C15H28N2OS/c18-10-11-19-12-13-6-8-15(9-7-13)17-16-14-4-2-1-3-5-14/h13-15,18H,1-12H2. The van der Waals surface area contributed by atoms with E-state index in [1.54, 1.807) is 0 Å². The van der Waals surface area contributed by atoms with Gasteiger partial charge in [-0.1, -0.05) is 19.3 Å². The summed E-state index contributed by atoms with van der Waals surface area (Å²) in [5.74, 6) is 2.95. The fourth-order valence-electron chi connectivity index (χ4n) is 3.13. The van der Waals surface area contributed by atoms with Crippen molar-refractivity contribution < 1.29 is 5.11 Å². The molecule has 2 fully saturated rings. The number of nitrogens with zero attached hydrogens (tertiary/aromatic N) is 2. The van der Waals surface area contributed by atoms with Crippen molar-refractivity contribution in [3.05, 3.63) is 0 Å². The second kappa shape index (κ2) is 8.96. The van der Waals surface area contributed by atoms with Crippen LogP contribution in [0.2, 0.25) is 0 Å². The van der Waals surface area contributed by atoms with Gasteiger partial charge in [-0.15, -0.1) is 0 Å². The van der Waals surface area contributed by atoms with Crippen LogP contribution in [0, 0.1) is 5.92 Å². The molecule has 0 radical (unpaired) electrons. The number of rotatable bonds is 6. The van der Waals surface area contributed by atoms with Gasteiger partial charge < -0.3 is 5.11 Å². The average molecular weight is 284 g/mol. The summed E-state index contributed by atoms with van der Waals surface area (Å²) < 4.78 is 0. The first-order valence-electron chi connectivity index (χ1n) is 7.97. The van der Waals surface area contributed by atoms with E-state index in [0.717, 1.165) is 11.7 Å². The molecule has 2 aliphatic rings. The number of aliphatic hydroxyl groups excluding tert-OH is 1. The van der Waals surface area contributed by atoms with Crippen LogP contribution in [0.4, 0.5) is 0 Å². The van der Waals surface area contributed by atoms with E-state index in [4.69, 9.17) is 5.11 Å². The van der Waals surface area contributed by atoms with Crippen LogP contribution in [0.1, 0.15) is 57.8 Å². The molecule has 4 heteroatoms. The van der Waals surface area contributed by atoms with E-state index in [-0.39, 0.29) is 0 Å². The summed E-state index contributed by atoms with van der Waals surface area (Å²) in [6.45, 7) is 0.315. The molecular weight excluding hydrogens is 256 g/mol. The van der Waals surface area contributed by atoms with Gasteiger partial charge in [-0.25, -0.2) is 0 Å². The Balaban J connectivity index is 1.61. The van der Waals surface area contributed by atoms with Crippen LogP contribution in [0.15, 0.2) is 10.2 Å². The van der Waals surface area contributed by atoms with Crippen molar-refractivity contribution in [2.45, 2.75) is 69.9 Å². The zero-order valence-electron chi connectivity index (χ0n) is 12.0. The second-order valence-corrected chi connectivity index (χ2v) is 7.15. The molecule has 0 spiro atoms. The highest BCUT2D eigenvalue weighted by Crippen LogP contribution is 2.29. The van der Waals surface area contributed by atoms with Crippen LogP contribution in [-0.2, 0) is 0 Å². The molecule has 110 valence electrons. The van der Waals surface area contributed by atoms with Crippen molar-refractivity contribution in [1.29, 1.82) is 0 Å². The Morgan fingerprint density at radius 1 is 0.842 bits per heavy atom. The maximum Gasteiger partial charge on any atom is 0.0708 e. The first kappa shape index (κ1) is 15.3. The number of azo groups is 1. The Hall–Kier alpha value is -0.0900. The topological polar surface area (TPSA) is 45.0 Å². The van der Waals surface area contributed by atoms with E-state index < -0.39 is 0 Å². The molecule has 1 N–H and O–H groups in total. The van der Waals surface area contributed by atoms with E-state index >= 15 is 0 Å². The molecule has 19 heavy (non-hydrogen) atoms. The molecule has 0 bridgehead atoms. The molecule has 2 saturated carbocycles. The minimum absolute atomic E-state index is 0.315. The van der Waals surface area contributed by atoms with Gasteiger partial charge in [0.05, 0.1) is 18.7 Å². The van der Waals surface area contributed by atoms with Gasteiger partial charge >= 0.3 is 0 Å². The summed E-state index contributed by atoms with van der Waals surface area (Å²) in [4.78, 5) is 0. The van der Waals surface area contributed by atoms with Gasteiger partial charge in [0, 0.05) is 5.75 Å². The van der Waals surface area contributed by atoms with Crippen molar-refractivity contribution in [3.8, 4) is 0 Å². The lowest BCUT2D eigenvalue weighted by Crippen LogP contribution is -2.19. The SMILES string of the molecule is OCCSCC1CCC(N=NC2CCCCC2)CC1. The molecular formula is C15H28N2OS. The summed E-state index contributed by atoms with van der Waals surface area (Å²) in [5, 5.41) is 18.0. The van der Waals surface area contributed by atoms with Crippen LogP contribution in [0.5, 0.6) is 0 Å². The van der Waals surface area contributed by atoms with Crippen LogP contribution < -0.4 is 0 Å². The van der Waals surface area contributed by atoms with E-state index in [2.05, 4.69) is 10.2 Å². The molecule has 2 aliphatic carbocycles. The summed E-state index contributed by atoms with van der Waals surface area (Å²) in [6, 6.07) is 1.03. The van der Waals surface area contributed by atoms with Gasteiger partial charge in [0.1, 0.15) is 0 Å². The highest BCUT2D eigenvalue weighted by Gasteiger charge is 2.21. The summed E-state index contributed by atoms with van der Waals surface area (Å²) in [7, 11) is 0. The zero-order chi connectivity index (χ0) is 13.3. The third kappa shape index (κ3) is 5.82. The fourth-order valence-corrected chi connectivity index (χ4v) is 4.09. The monoisotopic (exact) mass is 284 g/mol. The van der Waals surface area contributed by atoms with Gasteiger partial charge in [-0.3, -0.25) is 0 Å². The Morgan fingerprint density at radius 3 is 2.11 bits per heavy atom. The number of hydrogen-bond donors (Lipinski definition) is 1. The minimum Gasteiger partial charge on any atom is -0.396 e. The van der Waals surface area contributed by atoms with Crippen molar-refractivity contribution >= 4 is 11.8 Å². The van der Waals surface area contributed by atoms with Crippen LogP contribution in [0.25, 0.3) is 0 Å². The Bertz CT molecular complexity index is 259. The molecule has 0 heterocycles. The predicted molar refractivity (Wildman–Crippen MR) is 81.9 cm³/mol. The van der Waals surface area contributed by atoms with Crippen LogP contribution >= 0.6 is 11.8 Å². The van der Waals surface area contributed by atoms with Gasteiger partial charge in [0.2, 0.25) is 0 Å². The van der Waals surface area contributed by atoms with Crippen molar-refractivity contribution in [2.75, 3.05) is 18.1 Å². The van der Waals surface area contributed by atoms with Gasteiger partial charge in [0.15, 0.2) is 0 Å². The number of aliphatic hydroxyl groups is 1. The maximum atomic E-state index is 8.78. The lowest BCUT2D eigenvalue weighted by Gasteiger charge is -2.26. The molecule has 2 rings (SSSR count).